The lowest BCUT2D eigenvalue weighted by Gasteiger charge is -2.24. The van der Waals surface area contributed by atoms with Gasteiger partial charge in [-0.3, -0.25) is 14.4 Å². The number of aromatic hydroxyl groups is 1. The van der Waals surface area contributed by atoms with Gasteiger partial charge < -0.3 is 42.1 Å². The predicted octanol–water partition coefficient (Wildman–Crippen LogP) is -2.17. The average molecular weight is 469 g/mol. The van der Waals surface area contributed by atoms with Crippen LogP contribution in [0.4, 0.5) is 0 Å². The molecule has 0 spiro atoms. The zero-order valence-electron chi connectivity index (χ0n) is 18.5. The zero-order chi connectivity index (χ0) is 25.1. The zero-order valence-corrected chi connectivity index (χ0v) is 18.5. The van der Waals surface area contributed by atoms with Crippen molar-refractivity contribution in [2.75, 3.05) is 13.2 Å². The smallest absolute Gasteiger partial charge is 0.328 e. The summed E-state index contributed by atoms with van der Waals surface area (Å²) in [5.41, 5.74) is 6.32. The van der Waals surface area contributed by atoms with Gasteiger partial charge in [0.2, 0.25) is 17.7 Å². The second kappa shape index (κ2) is 13.4. The first-order chi connectivity index (χ1) is 15.5. The number of nitrogens with one attached hydrogen (secondary N) is 3. The number of rotatable bonds is 13. The van der Waals surface area contributed by atoms with Crippen LogP contribution >= 0.6 is 0 Å². The molecular weight excluding hydrogens is 436 g/mol. The highest BCUT2D eigenvalue weighted by molar-refractivity contribution is 5.94. The van der Waals surface area contributed by atoms with Crippen LogP contribution in [0.3, 0.4) is 0 Å². The van der Waals surface area contributed by atoms with Gasteiger partial charge in [-0.2, -0.15) is 0 Å². The van der Waals surface area contributed by atoms with Gasteiger partial charge >= 0.3 is 5.97 Å². The van der Waals surface area contributed by atoms with E-state index in [1.165, 1.54) is 24.3 Å². The number of carbonyl (C=O) groups is 4. The number of hydrogen-bond acceptors (Lipinski definition) is 8. The van der Waals surface area contributed by atoms with E-state index in [1.807, 2.05) is 13.8 Å². The molecule has 3 amide bonds. The third kappa shape index (κ3) is 9.43. The molecule has 0 bridgehead atoms. The van der Waals surface area contributed by atoms with Crippen LogP contribution in [0.5, 0.6) is 5.75 Å². The number of benzene rings is 1. The number of hydrogen-bond donors (Lipinski definition) is 8. The maximum Gasteiger partial charge on any atom is 0.328 e. The van der Waals surface area contributed by atoms with Gasteiger partial charge in [-0.1, -0.05) is 26.0 Å². The molecule has 0 radical (unpaired) electrons. The topological polar surface area (TPSA) is 211 Å². The second-order valence-corrected chi connectivity index (χ2v) is 7.99. The lowest BCUT2D eigenvalue weighted by molar-refractivity contribution is -0.143. The third-order valence-electron chi connectivity index (χ3n) is 4.68. The molecular formula is C21H32N4O8. The lowest BCUT2D eigenvalue weighted by atomic mass is 10.0. The number of carboxylic acids is 1. The highest BCUT2D eigenvalue weighted by atomic mass is 16.4. The third-order valence-corrected chi connectivity index (χ3v) is 4.68. The lowest BCUT2D eigenvalue weighted by Crippen LogP contribution is -2.58. The SMILES string of the molecule is CC(C)C[C@H](N)C(=O)N[C@@H](CO)C(=O)N[C@@H](Cc1ccc(O)cc1)C(=O)N[C@@H](CO)C(=O)O. The Labute approximate surface area is 191 Å². The van der Waals surface area contributed by atoms with Gasteiger partial charge in [0.1, 0.15) is 23.9 Å². The monoisotopic (exact) mass is 468 g/mol. The summed E-state index contributed by atoms with van der Waals surface area (Å²) in [6.45, 7) is 2.09. The van der Waals surface area contributed by atoms with E-state index in [0.717, 1.165) is 0 Å². The minimum absolute atomic E-state index is 0.0178. The Morgan fingerprint density at radius 2 is 1.33 bits per heavy atom. The van der Waals surface area contributed by atoms with Gasteiger partial charge in [0.15, 0.2) is 0 Å². The van der Waals surface area contributed by atoms with Crippen LogP contribution in [-0.4, -0.2) is 81.5 Å². The summed E-state index contributed by atoms with van der Waals surface area (Å²) in [7, 11) is 0. The van der Waals surface area contributed by atoms with E-state index in [1.54, 1.807) is 0 Å². The van der Waals surface area contributed by atoms with Gasteiger partial charge in [-0.05, 0) is 30.0 Å². The number of phenolic OH excluding ortho intramolecular Hbond substituents is 1. The van der Waals surface area contributed by atoms with Crippen LogP contribution in [0.15, 0.2) is 24.3 Å². The van der Waals surface area contributed by atoms with Crippen LogP contribution in [0.2, 0.25) is 0 Å². The molecule has 0 aliphatic rings. The van der Waals surface area contributed by atoms with E-state index >= 15 is 0 Å². The maximum absolute atomic E-state index is 12.7. The predicted molar refractivity (Wildman–Crippen MR) is 117 cm³/mol. The Morgan fingerprint density at radius 3 is 1.82 bits per heavy atom. The molecule has 0 heterocycles. The Hall–Kier alpha value is -3.22. The number of aliphatic hydroxyl groups excluding tert-OH is 2. The van der Waals surface area contributed by atoms with Crippen LogP contribution in [0, 0.1) is 5.92 Å². The molecule has 0 aliphatic heterocycles. The second-order valence-electron chi connectivity index (χ2n) is 7.99. The van der Waals surface area contributed by atoms with Crippen LogP contribution in [0.25, 0.3) is 0 Å². The van der Waals surface area contributed by atoms with Gasteiger partial charge in [0.25, 0.3) is 0 Å². The number of aliphatic carboxylic acids is 1. The van der Waals surface area contributed by atoms with E-state index in [9.17, 15) is 29.4 Å². The van der Waals surface area contributed by atoms with E-state index in [2.05, 4.69) is 16.0 Å². The van der Waals surface area contributed by atoms with E-state index in [0.29, 0.717) is 12.0 Å². The molecule has 33 heavy (non-hydrogen) atoms. The van der Waals surface area contributed by atoms with Crippen molar-refractivity contribution in [2.24, 2.45) is 11.7 Å². The van der Waals surface area contributed by atoms with E-state index < -0.39 is 61.1 Å². The molecule has 1 aromatic carbocycles. The fourth-order valence-corrected chi connectivity index (χ4v) is 2.89. The molecule has 4 atom stereocenters. The minimum Gasteiger partial charge on any atom is -0.508 e. The van der Waals surface area contributed by atoms with E-state index in [-0.39, 0.29) is 18.1 Å². The summed E-state index contributed by atoms with van der Waals surface area (Å²) < 4.78 is 0. The molecule has 12 nitrogen and oxygen atoms in total. The molecule has 0 unspecified atom stereocenters. The Morgan fingerprint density at radius 1 is 0.848 bits per heavy atom. The molecule has 1 aromatic rings. The quantitative estimate of drug-likeness (QED) is 0.158. The fourth-order valence-electron chi connectivity index (χ4n) is 2.89. The van der Waals surface area contributed by atoms with Crippen LogP contribution in [0.1, 0.15) is 25.8 Å². The van der Waals surface area contributed by atoms with Crippen molar-refractivity contribution in [1.29, 1.82) is 0 Å². The Balaban J connectivity index is 2.99. The summed E-state index contributed by atoms with van der Waals surface area (Å²) in [5.74, 6) is -3.81. The molecule has 0 aliphatic carbocycles. The number of amides is 3. The summed E-state index contributed by atoms with van der Waals surface area (Å²) >= 11 is 0. The molecule has 1 rings (SSSR count). The highest BCUT2D eigenvalue weighted by Gasteiger charge is 2.30. The van der Waals surface area contributed by atoms with Gasteiger partial charge in [-0.15, -0.1) is 0 Å². The first-order valence-electron chi connectivity index (χ1n) is 10.4. The average Bonchev–Trinajstić information content (AvgIpc) is 2.75. The standard InChI is InChI=1S/C21H32N4O8/c1-11(2)7-14(22)18(29)24-16(9-26)20(31)23-15(8-12-3-5-13(28)6-4-12)19(30)25-17(10-27)21(32)33/h3-6,11,14-17,26-28H,7-10,22H2,1-2H3,(H,23,31)(H,24,29)(H,25,30)(H,32,33)/t14-,15-,16-,17-/m0/s1. The van der Waals surface area contributed by atoms with Crippen molar-refractivity contribution in [1.82, 2.24) is 16.0 Å². The first-order valence-corrected chi connectivity index (χ1v) is 10.4. The maximum atomic E-state index is 12.7. The molecule has 0 saturated heterocycles. The van der Waals surface area contributed by atoms with Crippen molar-refractivity contribution < 1.29 is 39.6 Å². The number of aliphatic hydroxyl groups is 2. The molecule has 184 valence electrons. The fraction of sp³-hybridized carbons (Fsp3) is 0.524. The number of nitrogens with two attached hydrogens (primary N) is 1. The van der Waals surface area contributed by atoms with E-state index in [4.69, 9.17) is 15.9 Å². The van der Waals surface area contributed by atoms with Crippen LogP contribution < -0.4 is 21.7 Å². The minimum atomic E-state index is -1.60. The van der Waals surface area contributed by atoms with Gasteiger partial charge in [0, 0.05) is 6.42 Å². The first kappa shape index (κ1) is 27.8. The van der Waals surface area contributed by atoms with Gasteiger partial charge in [-0.25, -0.2) is 4.79 Å². The van der Waals surface area contributed by atoms with Crippen molar-refractivity contribution in [3.63, 3.8) is 0 Å². The summed E-state index contributed by atoms with van der Waals surface area (Å²) in [6, 6.07) is 0.518. The summed E-state index contributed by atoms with van der Waals surface area (Å²) in [6.07, 6.45) is 0.254. The molecule has 0 saturated carbocycles. The highest BCUT2D eigenvalue weighted by Crippen LogP contribution is 2.12. The van der Waals surface area contributed by atoms with Gasteiger partial charge in [0.05, 0.1) is 19.3 Å². The largest absolute Gasteiger partial charge is 0.508 e. The number of carboxylic acid groups (broad SMARTS) is 1. The molecule has 0 fully saturated rings. The van der Waals surface area contributed by atoms with Crippen molar-refractivity contribution in [2.45, 2.75) is 50.9 Å². The molecule has 0 aromatic heterocycles. The number of phenols is 1. The Bertz CT molecular complexity index is 815. The summed E-state index contributed by atoms with van der Waals surface area (Å²) in [5, 5.41) is 44.1. The normalized spacial score (nSPS) is 14.6. The summed E-state index contributed by atoms with van der Waals surface area (Å²) in [4.78, 5) is 48.7. The molecule has 9 N–H and O–H groups in total. The van der Waals surface area contributed by atoms with Crippen molar-refractivity contribution in [3.8, 4) is 5.75 Å². The van der Waals surface area contributed by atoms with Crippen molar-refractivity contribution >= 4 is 23.7 Å². The number of carbonyl (C=O) groups excluding carboxylic acids is 3. The molecule has 12 heteroatoms. The van der Waals surface area contributed by atoms with Crippen molar-refractivity contribution in [3.05, 3.63) is 29.8 Å². The van der Waals surface area contributed by atoms with Crippen LogP contribution in [-0.2, 0) is 25.6 Å². The Kier molecular flexibility index (Phi) is 11.3.